The molecule has 0 spiro atoms. The summed E-state index contributed by atoms with van der Waals surface area (Å²) in [6.07, 6.45) is 9.59. The van der Waals surface area contributed by atoms with Gasteiger partial charge in [0.05, 0.1) is 27.2 Å². The molecule has 1 aromatic carbocycles. The van der Waals surface area contributed by atoms with Crippen molar-refractivity contribution in [3.05, 3.63) is 35.9 Å². The summed E-state index contributed by atoms with van der Waals surface area (Å²) >= 11 is 0. The summed E-state index contributed by atoms with van der Waals surface area (Å²) in [6.45, 7) is 4.85. The first-order valence-electron chi connectivity index (χ1n) is 8.00. The van der Waals surface area contributed by atoms with Crippen LogP contribution in [0.25, 0.3) is 0 Å². The van der Waals surface area contributed by atoms with Crippen LogP contribution in [0.5, 0.6) is 0 Å². The lowest BCUT2D eigenvalue weighted by Gasteiger charge is -2.30. The van der Waals surface area contributed by atoms with Crippen LogP contribution in [0, 0.1) is 0 Å². The molecular weight excluding hydrogens is 230 g/mol. The van der Waals surface area contributed by atoms with Gasteiger partial charge in [-0.15, -0.1) is 0 Å². The first-order chi connectivity index (χ1) is 9.14. The molecule has 0 amide bonds. The van der Waals surface area contributed by atoms with Crippen LogP contribution in [0.3, 0.4) is 0 Å². The maximum Gasteiger partial charge on any atom is 0.0823 e. The molecule has 108 valence electrons. The van der Waals surface area contributed by atoms with Gasteiger partial charge >= 0.3 is 0 Å². The minimum Gasteiger partial charge on any atom is -0.328 e. The van der Waals surface area contributed by atoms with E-state index in [9.17, 15) is 0 Å². The molecular formula is C18H32N+. The molecule has 1 nitrogen and oxygen atoms in total. The van der Waals surface area contributed by atoms with Crippen LogP contribution in [0.15, 0.2) is 30.3 Å². The van der Waals surface area contributed by atoms with Gasteiger partial charge in [0.25, 0.3) is 0 Å². The van der Waals surface area contributed by atoms with E-state index in [0.717, 1.165) is 4.48 Å². The third-order valence-corrected chi connectivity index (χ3v) is 3.97. The van der Waals surface area contributed by atoms with Crippen LogP contribution >= 0.6 is 0 Å². The van der Waals surface area contributed by atoms with E-state index < -0.39 is 0 Å². The first-order valence-corrected chi connectivity index (χ1v) is 8.00. The molecule has 0 saturated carbocycles. The number of unbranched alkanes of at least 4 members (excludes halogenated alkanes) is 5. The summed E-state index contributed by atoms with van der Waals surface area (Å²) in [7, 11) is 4.74. The van der Waals surface area contributed by atoms with Crippen LogP contribution in [0.4, 0.5) is 0 Å². The molecule has 0 heterocycles. The Bertz CT molecular complexity index is 316. The Morgan fingerprint density at radius 2 is 1.42 bits per heavy atom. The van der Waals surface area contributed by atoms with Crippen LogP contribution in [-0.2, 0) is 6.42 Å². The summed E-state index contributed by atoms with van der Waals surface area (Å²) in [5.41, 5.74) is 1.47. The van der Waals surface area contributed by atoms with Gasteiger partial charge < -0.3 is 4.48 Å². The lowest BCUT2D eigenvalue weighted by Crippen LogP contribution is -2.42. The molecule has 0 radical (unpaired) electrons. The van der Waals surface area contributed by atoms with Crippen LogP contribution < -0.4 is 0 Å². The monoisotopic (exact) mass is 262 g/mol. The van der Waals surface area contributed by atoms with Gasteiger partial charge in [-0.05, 0) is 18.4 Å². The van der Waals surface area contributed by atoms with Crippen molar-refractivity contribution in [1.82, 2.24) is 0 Å². The molecule has 0 unspecified atom stereocenters. The second-order valence-corrected chi connectivity index (χ2v) is 6.39. The van der Waals surface area contributed by atoms with Crippen molar-refractivity contribution in [3.8, 4) is 0 Å². The van der Waals surface area contributed by atoms with Crippen molar-refractivity contribution in [2.24, 2.45) is 0 Å². The van der Waals surface area contributed by atoms with Gasteiger partial charge in [-0.1, -0.05) is 62.9 Å². The van der Waals surface area contributed by atoms with Crippen LogP contribution in [-0.4, -0.2) is 31.7 Å². The highest BCUT2D eigenvalue weighted by atomic mass is 15.3. The summed E-state index contributed by atoms with van der Waals surface area (Å²) in [4.78, 5) is 0. The fraction of sp³-hybridized carbons (Fsp3) is 0.667. The van der Waals surface area contributed by atoms with Crippen LogP contribution in [0.1, 0.15) is 51.0 Å². The molecule has 0 saturated heterocycles. The van der Waals surface area contributed by atoms with E-state index in [1.54, 1.807) is 0 Å². The second kappa shape index (κ2) is 9.14. The SMILES string of the molecule is CCCCCCCC[N+](C)(C)CCc1ccccc1. The third-order valence-electron chi connectivity index (χ3n) is 3.97. The van der Waals surface area contributed by atoms with E-state index >= 15 is 0 Å². The Labute approximate surface area is 120 Å². The molecule has 1 aromatic rings. The zero-order chi connectivity index (χ0) is 14.0. The van der Waals surface area contributed by atoms with Crippen molar-refractivity contribution >= 4 is 0 Å². The van der Waals surface area contributed by atoms with Gasteiger partial charge in [0, 0.05) is 6.42 Å². The van der Waals surface area contributed by atoms with E-state index in [0.29, 0.717) is 0 Å². The number of quaternary nitrogens is 1. The number of likely N-dealkylation sites (N-methyl/N-ethyl adjacent to an activating group) is 1. The van der Waals surface area contributed by atoms with E-state index in [2.05, 4.69) is 51.4 Å². The zero-order valence-corrected chi connectivity index (χ0v) is 13.2. The fourth-order valence-electron chi connectivity index (χ4n) is 2.51. The highest BCUT2D eigenvalue weighted by molar-refractivity contribution is 5.14. The number of rotatable bonds is 10. The average Bonchev–Trinajstić information content (AvgIpc) is 2.42. The second-order valence-electron chi connectivity index (χ2n) is 6.39. The summed E-state index contributed by atoms with van der Waals surface area (Å²) in [5, 5.41) is 0. The summed E-state index contributed by atoms with van der Waals surface area (Å²) in [5.74, 6) is 0. The quantitative estimate of drug-likeness (QED) is 0.425. The van der Waals surface area contributed by atoms with Gasteiger partial charge in [0.15, 0.2) is 0 Å². The van der Waals surface area contributed by atoms with Crippen molar-refractivity contribution in [3.63, 3.8) is 0 Å². The topological polar surface area (TPSA) is 0 Å². The van der Waals surface area contributed by atoms with Gasteiger partial charge in [-0.3, -0.25) is 0 Å². The van der Waals surface area contributed by atoms with E-state index in [1.165, 1.54) is 63.6 Å². The van der Waals surface area contributed by atoms with E-state index in [4.69, 9.17) is 0 Å². The average molecular weight is 262 g/mol. The van der Waals surface area contributed by atoms with Crippen molar-refractivity contribution < 1.29 is 4.48 Å². The standard InChI is InChI=1S/C18H32N/c1-4-5-6-7-8-12-16-19(2,3)17-15-18-13-10-9-11-14-18/h9-11,13-14H,4-8,12,15-17H2,1-3H3/q+1. The largest absolute Gasteiger partial charge is 0.328 e. The van der Waals surface area contributed by atoms with E-state index in [1.807, 2.05) is 0 Å². The summed E-state index contributed by atoms with van der Waals surface area (Å²) < 4.78 is 1.16. The number of benzene rings is 1. The van der Waals surface area contributed by atoms with Crippen LogP contribution in [0.2, 0.25) is 0 Å². The predicted octanol–water partition coefficient (Wildman–Crippen LogP) is 4.67. The maximum absolute atomic E-state index is 2.37. The fourth-order valence-corrected chi connectivity index (χ4v) is 2.51. The van der Waals surface area contributed by atoms with Gasteiger partial charge in [0.2, 0.25) is 0 Å². The van der Waals surface area contributed by atoms with Gasteiger partial charge in [-0.25, -0.2) is 0 Å². The predicted molar refractivity (Wildman–Crippen MR) is 85.4 cm³/mol. The molecule has 0 aliphatic heterocycles. The zero-order valence-electron chi connectivity index (χ0n) is 13.2. The molecule has 0 atom stereocenters. The maximum atomic E-state index is 2.37. The highest BCUT2D eigenvalue weighted by Gasteiger charge is 2.13. The Hall–Kier alpha value is -0.820. The van der Waals surface area contributed by atoms with Gasteiger partial charge in [-0.2, -0.15) is 0 Å². The van der Waals surface area contributed by atoms with E-state index in [-0.39, 0.29) is 0 Å². The Kier molecular flexibility index (Phi) is 7.81. The molecule has 1 rings (SSSR count). The number of hydrogen-bond acceptors (Lipinski definition) is 0. The molecule has 0 aliphatic carbocycles. The number of hydrogen-bond donors (Lipinski definition) is 0. The molecule has 1 heteroatoms. The highest BCUT2D eigenvalue weighted by Crippen LogP contribution is 2.10. The molecule has 0 aliphatic rings. The molecule has 0 bridgehead atoms. The molecule has 0 fully saturated rings. The lowest BCUT2D eigenvalue weighted by atomic mass is 10.1. The Balaban J connectivity index is 2.13. The van der Waals surface area contributed by atoms with Crippen molar-refractivity contribution in [2.75, 3.05) is 27.2 Å². The van der Waals surface area contributed by atoms with Gasteiger partial charge in [0.1, 0.15) is 0 Å². The summed E-state index contributed by atoms with van der Waals surface area (Å²) in [6, 6.07) is 10.9. The lowest BCUT2D eigenvalue weighted by molar-refractivity contribution is -0.890. The molecule has 0 N–H and O–H groups in total. The minimum atomic E-state index is 1.16. The third kappa shape index (κ3) is 8.05. The number of nitrogens with zero attached hydrogens (tertiary/aromatic N) is 1. The molecule has 19 heavy (non-hydrogen) atoms. The Morgan fingerprint density at radius 3 is 2.11 bits per heavy atom. The normalized spacial score (nSPS) is 11.7. The first kappa shape index (κ1) is 16.2. The van der Waals surface area contributed by atoms with Crippen molar-refractivity contribution in [1.29, 1.82) is 0 Å². The minimum absolute atomic E-state index is 1.16. The smallest absolute Gasteiger partial charge is 0.0823 e. The van der Waals surface area contributed by atoms with Crippen molar-refractivity contribution in [2.45, 2.75) is 51.9 Å². The molecule has 0 aromatic heterocycles. The Morgan fingerprint density at radius 1 is 0.789 bits per heavy atom.